The van der Waals surface area contributed by atoms with Crippen LogP contribution in [0.4, 0.5) is 13.2 Å². The minimum atomic E-state index is -4.73. The molecule has 2 aromatic rings. The van der Waals surface area contributed by atoms with E-state index in [-0.39, 0.29) is 62.1 Å². The zero-order valence-corrected chi connectivity index (χ0v) is 39.8. The maximum Gasteiger partial charge on any atom is 0.389 e. The monoisotopic (exact) mass is 943 g/mol. The van der Waals surface area contributed by atoms with Gasteiger partial charge in [-0.2, -0.15) is 18.4 Å². The third kappa shape index (κ3) is 17.1. The highest BCUT2D eigenvalue weighted by atomic mass is 35.5. The number of thiophene rings is 1. The number of aliphatic carboxylic acids is 1. The van der Waals surface area contributed by atoms with Crippen LogP contribution >= 0.6 is 23.7 Å². The molecule has 14 nitrogen and oxygen atoms in total. The summed E-state index contributed by atoms with van der Waals surface area (Å²) >= 11 is 1.39. The number of fused-ring (bicyclic) bond motifs is 1. The number of rotatable bonds is 26. The van der Waals surface area contributed by atoms with Crippen LogP contribution in [0.3, 0.4) is 0 Å². The molecule has 0 bridgehead atoms. The van der Waals surface area contributed by atoms with Crippen LogP contribution in [-0.4, -0.2) is 119 Å². The molecule has 1 aromatic heterocycles. The number of hydrogen-bond acceptors (Lipinski definition) is 11. The zero-order valence-electron chi connectivity index (χ0n) is 38.2. The molecule has 0 saturated heterocycles. The van der Waals surface area contributed by atoms with E-state index in [2.05, 4.69) is 0 Å². The van der Waals surface area contributed by atoms with E-state index in [1.165, 1.54) is 42.2 Å². The van der Waals surface area contributed by atoms with Gasteiger partial charge in [0.1, 0.15) is 6.04 Å². The fraction of sp³-hybridized carbons (Fsp3) is 0.644. The summed E-state index contributed by atoms with van der Waals surface area (Å²) in [6.07, 6.45) is -9.57. The number of benzene rings is 1. The molecule has 0 aliphatic heterocycles. The third-order valence-corrected chi connectivity index (χ3v) is 12.3. The molecule has 1 heterocycles. The average Bonchev–Trinajstić information content (AvgIpc) is 3.63. The second-order valence-electron chi connectivity index (χ2n) is 17.1. The number of carboxylic acid groups (broad SMARTS) is 1. The van der Waals surface area contributed by atoms with Crippen molar-refractivity contribution < 1.29 is 56.6 Å². The first-order chi connectivity index (χ1) is 29.3. The summed E-state index contributed by atoms with van der Waals surface area (Å²) in [5.41, 5.74) is 6.72. The van der Waals surface area contributed by atoms with Crippen molar-refractivity contribution in [1.82, 2.24) is 14.7 Å². The molecule has 0 unspecified atom stereocenters. The van der Waals surface area contributed by atoms with Gasteiger partial charge in [-0.05, 0) is 66.8 Å². The predicted octanol–water partition coefficient (Wildman–Crippen LogP) is 6.99. The van der Waals surface area contributed by atoms with Gasteiger partial charge in [-0.25, -0.2) is 9.59 Å². The summed E-state index contributed by atoms with van der Waals surface area (Å²) in [4.78, 5) is 98.6. The van der Waals surface area contributed by atoms with E-state index >= 15 is 0 Å². The quantitative estimate of drug-likeness (QED) is 0.0919. The number of alkyl halides is 3. The molecule has 0 aliphatic rings. The summed E-state index contributed by atoms with van der Waals surface area (Å²) in [7, 11) is 4.02. The van der Waals surface area contributed by atoms with Crippen LogP contribution in [0.1, 0.15) is 105 Å². The van der Waals surface area contributed by atoms with Gasteiger partial charge in [0.25, 0.3) is 0 Å². The largest absolute Gasteiger partial charge is 0.479 e. The van der Waals surface area contributed by atoms with Crippen LogP contribution in [0.25, 0.3) is 10.1 Å². The van der Waals surface area contributed by atoms with Gasteiger partial charge >= 0.3 is 18.1 Å². The lowest BCUT2D eigenvalue weighted by Gasteiger charge is -2.34. The van der Waals surface area contributed by atoms with E-state index < -0.39 is 103 Å². The Morgan fingerprint density at radius 1 is 0.828 bits per heavy atom. The number of Topliss-reactive ketones (excluding diaryl/α,β-unsaturated/α-hetero) is 2. The standard InChI is InChI=1S/C45H64F3N5O9S.ClH/c1-10-33(50)42(58)53(9)34(21-27(4)5)37(55)24-30(20-26(2)3)41(57)52(8)35(22-31-25-63-39-16-12-11-14-32(31)39)36(54)23-29(17-18-45(46,47)48)40(56)51(7)28(6)44(61)62-38(43(59)60)15-13-19-49;/h11-12,14,16,25-30,33-35,38H,10,13,15,17-18,20-24,50H2,1-9H3,(H,59,60);1H/t28-,29+,30+,33-,34-,35-,38+;/m0./s1. The highest BCUT2D eigenvalue weighted by molar-refractivity contribution is 7.17. The summed E-state index contributed by atoms with van der Waals surface area (Å²) in [5, 5.41) is 20.9. The Labute approximate surface area is 384 Å². The van der Waals surface area contributed by atoms with Gasteiger partial charge in [0.2, 0.25) is 17.7 Å². The molecule has 358 valence electrons. The smallest absolute Gasteiger partial charge is 0.389 e. The Morgan fingerprint density at radius 2 is 1.38 bits per heavy atom. The first-order valence-electron chi connectivity index (χ1n) is 21.3. The Morgan fingerprint density at radius 3 is 1.92 bits per heavy atom. The van der Waals surface area contributed by atoms with Crippen LogP contribution in [0.5, 0.6) is 0 Å². The van der Waals surface area contributed by atoms with E-state index in [1.54, 1.807) is 19.1 Å². The minimum Gasteiger partial charge on any atom is -0.479 e. The van der Waals surface area contributed by atoms with Crippen LogP contribution in [0.15, 0.2) is 29.6 Å². The van der Waals surface area contributed by atoms with Crippen molar-refractivity contribution in [1.29, 1.82) is 5.26 Å². The van der Waals surface area contributed by atoms with Crippen LogP contribution in [-0.2, 0) is 44.7 Å². The van der Waals surface area contributed by atoms with Gasteiger partial charge in [0.05, 0.1) is 24.2 Å². The Kier molecular flexibility index (Phi) is 23.7. The lowest BCUT2D eigenvalue weighted by atomic mass is 9.85. The average molecular weight is 945 g/mol. The van der Waals surface area contributed by atoms with Crippen molar-refractivity contribution in [3.8, 4) is 6.07 Å². The highest BCUT2D eigenvalue weighted by Crippen LogP contribution is 2.32. The van der Waals surface area contributed by atoms with Gasteiger partial charge in [-0.15, -0.1) is 23.7 Å². The number of nitrogens with zero attached hydrogens (tertiary/aromatic N) is 4. The van der Waals surface area contributed by atoms with Gasteiger partial charge in [-0.3, -0.25) is 24.0 Å². The molecule has 0 aliphatic carbocycles. The number of likely N-dealkylation sites (N-methyl/N-ethyl adjacent to an activating group) is 3. The molecule has 1 aromatic carbocycles. The van der Waals surface area contributed by atoms with Crippen LogP contribution in [0, 0.1) is 35.0 Å². The van der Waals surface area contributed by atoms with Crippen molar-refractivity contribution in [2.45, 2.75) is 142 Å². The number of esters is 1. The van der Waals surface area contributed by atoms with Crippen LogP contribution < -0.4 is 5.73 Å². The topological polar surface area (TPSA) is 208 Å². The molecule has 0 fully saturated rings. The molecule has 0 radical (unpaired) electrons. The number of ketones is 2. The molecule has 19 heteroatoms. The first kappa shape index (κ1) is 57.4. The summed E-state index contributed by atoms with van der Waals surface area (Å²) in [6.45, 7) is 10.5. The second kappa shape index (κ2) is 26.4. The van der Waals surface area contributed by atoms with E-state index in [9.17, 15) is 51.8 Å². The second-order valence-corrected chi connectivity index (χ2v) is 18.1. The minimum absolute atomic E-state index is 0. The maximum atomic E-state index is 14.7. The number of halogens is 4. The predicted molar refractivity (Wildman–Crippen MR) is 239 cm³/mol. The highest BCUT2D eigenvalue weighted by Gasteiger charge is 2.40. The number of carboxylic acids is 1. The Hall–Kier alpha value is -4.60. The molecule has 3 amide bonds. The number of amides is 3. The molecule has 2 rings (SSSR count). The summed E-state index contributed by atoms with van der Waals surface area (Å²) in [6, 6.07) is 4.56. The molecule has 0 spiro atoms. The third-order valence-electron chi connectivity index (χ3n) is 11.2. The summed E-state index contributed by atoms with van der Waals surface area (Å²) in [5.74, 6) is -8.53. The molecular weight excluding hydrogens is 879 g/mol. The maximum absolute atomic E-state index is 14.7. The summed E-state index contributed by atoms with van der Waals surface area (Å²) < 4.78 is 47.1. The van der Waals surface area contributed by atoms with Crippen molar-refractivity contribution in [3.63, 3.8) is 0 Å². The molecular formula is C45H65ClF3N5O9S. The van der Waals surface area contributed by atoms with Crippen molar-refractivity contribution in [2.24, 2.45) is 29.4 Å². The fourth-order valence-corrected chi connectivity index (χ4v) is 8.38. The lowest BCUT2D eigenvalue weighted by molar-refractivity contribution is -0.169. The lowest BCUT2D eigenvalue weighted by Crippen LogP contribution is -2.51. The van der Waals surface area contributed by atoms with E-state index in [4.69, 9.17) is 15.7 Å². The molecule has 64 heavy (non-hydrogen) atoms. The van der Waals surface area contributed by atoms with E-state index in [0.717, 1.165) is 22.0 Å². The molecule has 7 atom stereocenters. The Bertz CT molecular complexity index is 1960. The van der Waals surface area contributed by atoms with Gasteiger partial charge in [0, 0.05) is 76.2 Å². The normalized spacial score (nSPS) is 14.8. The van der Waals surface area contributed by atoms with Crippen molar-refractivity contribution >= 4 is 75.1 Å². The number of nitriles is 1. The Balaban J connectivity index is 0.0000205. The van der Waals surface area contributed by atoms with Crippen LogP contribution in [0.2, 0.25) is 0 Å². The van der Waals surface area contributed by atoms with Crippen molar-refractivity contribution in [3.05, 3.63) is 35.2 Å². The SMILES string of the molecule is CC[C@H](N)C(=O)N(C)[C@@H](CC(C)C)C(=O)C[C@@H](CC(C)C)C(=O)N(C)[C@@H](Cc1csc2ccccc12)C(=O)C[C@@H](CCC(F)(F)F)C(=O)N(C)[C@@H](C)C(=O)O[C@H](CCC#N)C(=O)O.Cl. The molecule has 3 N–H and O–H groups in total. The zero-order chi connectivity index (χ0) is 47.9. The van der Waals surface area contributed by atoms with Gasteiger partial charge < -0.3 is 30.3 Å². The van der Waals surface area contributed by atoms with Crippen molar-refractivity contribution in [2.75, 3.05) is 21.1 Å². The van der Waals surface area contributed by atoms with E-state index in [1.807, 2.05) is 51.3 Å². The number of carbonyl (C=O) groups is 7. The van der Waals surface area contributed by atoms with E-state index in [0.29, 0.717) is 18.4 Å². The van der Waals surface area contributed by atoms with Gasteiger partial charge in [-0.1, -0.05) is 52.8 Å². The number of carbonyl (C=O) groups excluding carboxylic acids is 6. The number of hydrogen-bond donors (Lipinski definition) is 2. The number of ether oxygens (including phenoxy) is 1. The molecule has 0 saturated carbocycles. The number of nitrogens with two attached hydrogens (primary N) is 1. The van der Waals surface area contributed by atoms with Gasteiger partial charge in [0.15, 0.2) is 17.7 Å². The first-order valence-corrected chi connectivity index (χ1v) is 22.2. The fourth-order valence-electron chi connectivity index (χ4n) is 7.40.